The minimum Gasteiger partial charge on any atom is -0.465 e. The van der Waals surface area contributed by atoms with Crippen LogP contribution in [0.25, 0.3) is 0 Å². The molecule has 3 aromatic rings. The number of benzene rings is 2. The Morgan fingerprint density at radius 2 is 1.76 bits per heavy atom. The smallest absolute Gasteiger partial charge is 0.338 e. The van der Waals surface area contributed by atoms with Crippen LogP contribution in [0, 0.1) is 21.7 Å². The Labute approximate surface area is 242 Å². The maximum atomic E-state index is 14.8. The van der Waals surface area contributed by atoms with Gasteiger partial charge in [0.15, 0.2) is 5.78 Å². The number of rotatable bonds is 10. The number of ketones is 1. The molecule has 218 valence electrons. The fourth-order valence-electron chi connectivity index (χ4n) is 4.41. The first-order chi connectivity index (χ1) is 19.1. The predicted octanol–water partition coefficient (Wildman–Crippen LogP) is 4.51. The molecule has 0 aliphatic carbocycles. The first kappa shape index (κ1) is 31.5. The third-order valence-electron chi connectivity index (χ3n) is 6.01. The zero-order valence-electron chi connectivity index (χ0n) is 22.8. The van der Waals surface area contributed by atoms with Gasteiger partial charge in [0.05, 0.1) is 30.9 Å². The van der Waals surface area contributed by atoms with Gasteiger partial charge >= 0.3 is 11.9 Å². The minimum atomic E-state index is -1.62. The van der Waals surface area contributed by atoms with Crippen molar-refractivity contribution in [3.05, 3.63) is 92.6 Å². The number of methoxy groups -OCH3 is 1. The van der Waals surface area contributed by atoms with Gasteiger partial charge in [-0.3, -0.25) is 24.4 Å². The van der Waals surface area contributed by atoms with Gasteiger partial charge in [-0.1, -0.05) is 12.1 Å². The maximum Gasteiger partial charge on any atom is 0.338 e. The lowest BCUT2D eigenvalue weighted by molar-refractivity contribution is -0.497. The Morgan fingerprint density at radius 3 is 2.27 bits per heavy atom. The van der Waals surface area contributed by atoms with Crippen LogP contribution >= 0.6 is 15.9 Å². The average Bonchev–Trinajstić information content (AvgIpc) is 3.30. The number of hydrogen-bond donors (Lipinski definition) is 0. The van der Waals surface area contributed by atoms with Crippen LogP contribution in [0.15, 0.2) is 42.7 Å². The van der Waals surface area contributed by atoms with Gasteiger partial charge in [0.25, 0.3) is 4.95 Å². The van der Waals surface area contributed by atoms with Crippen LogP contribution in [0.5, 0.6) is 0 Å². The largest absolute Gasteiger partial charge is 0.465 e. The molecule has 0 radical (unpaired) electrons. The molecule has 3 unspecified atom stereocenters. The summed E-state index contributed by atoms with van der Waals surface area (Å²) >= 11 is 3.05. The lowest BCUT2D eigenvalue weighted by Crippen LogP contribution is -2.34. The van der Waals surface area contributed by atoms with Crippen molar-refractivity contribution in [2.45, 2.75) is 49.6 Å². The van der Waals surface area contributed by atoms with Crippen LogP contribution < -0.4 is 0 Å². The molecule has 0 saturated carbocycles. The minimum absolute atomic E-state index is 0.0426. The van der Waals surface area contributed by atoms with Crippen molar-refractivity contribution in [2.24, 2.45) is 7.05 Å². The first-order valence-electron chi connectivity index (χ1n) is 12.2. The summed E-state index contributed by atoms with van der Waals surface area (Å²) in [6.07, 6.45) is 0.514. The van der Waals surface area contributed by atoms with E-state index in [-0.39, 0.29) is 17.0 Å². The molecular formula is C27H27BrF2N4O7. The molecule has 1 aromatic heterocycles. The number of carbonyl (C=O) groups excluding carboxylic acids is 3. The zero-order chi connectivity index (χ0) is 30.6. The Kier molecular flexibility index (Phi) is 9.69. The topological polar surface area (TPSA) is 144 Å². The van der Waals surface area contributed by atoms with Crippen molar-refractivity contribution in [1.29, 1.82) is 0 Å². The molecule has 0 fully saturated rings. The van der Waals surface area contributed by atoms with Crippen molar-refractivity contribution in [2.75, 3.05) is 7.11 Å². The van der Waals surface area contributed by atoms with E-state index in [1.165, 1.54) is 23.9 Å². The molecule has 0 bridgehead atoms. The number of nitrogens with zero attached hydrogens (tertiary/aromatic N) is 4. The van der Waals surface area contributed by atoms with Gasteiger partial charge < -0.3 is 9.47 Å². The predicted molar refractivity (Wildman–Crippen MR) is 144 cm³/mol. The van der Waals surface area contributed by atoms with Crippen LogP contribution in [-0.2, 0) is 27.7 Å². The number of alkyl halides is 1. The van der Waals surface area contributed by atoms with Crippen molar-refractivity contribution in [1.82, 2.24) is 14.8 Å². The van der Waals surface area contributed by atoms with E-state index in [0.717, 1.165) is 37.7 Å². The number of halogens is 3. The highest BCUT2D eigenvalue weighted by Crippen LogP contribution is 2.41. The van der Waals surface area contributed by atoms with E-state index in [2.05, 4.69) is 26.0 Å². The summed E-state index contributed by atoms with van der Waals surface area (Å²) < 4.78 is 39.9. The van der Waals surface area contributed by atoms with Crippen LogP contribution in [0.4, 0.5) is 8.78 Å². The molecule has 3 rings (SSSR count). The molecule has 41 heavy (non-hydrogen) atoms. The molecule has 0 aliphatic heterocycles. The van der Waals surface area contributed by atoms with Crippen molar-refractivity contribution in [3.8, 4) is 0 Å². The van der Waals surface area contributed by atoms with E-state index in [1.807, 2.05) is 0 Å². The summed E-state index contributed by atoms with van der Waals surface area (Å²) in [4.78, 5) is 54.0. The standard InChI is InChI=1S/C27H27BrF2N4O7/c1-27(2,3)41-19(35)11-15-10-17(30)12-18(26(37)40-5)20(15)23(36)22(25-31-13-32-33(25)4)21(24(28)34(38)39)14-6-8-16(29)9-7-14/h6-10,12-13,21-22,24H,11H2,1-5H3. The molecule has 14 heteroatoms. The van der Waals surface area contributed by atoms with Gasteiger partial charge in [-0.15, -0.1) is 0 Å². The van der Waals surface area contributed by atoms with E-state index >= 15 is 0 Å². The number of Topliss-reactive ketones (excluding diaryl/α,β-unsaturated/α-hetero) is 1. The monoisotopic (exact) mass is 636 g/mol. The van der Waals surface area contributed by atoms with Gasteiger partial charge in [-0.2, -0.15) is 5.10 Å². The van der Waals surface area contributed by atoms with Gasteiger partial charge in [-0.05, 0) is 72.1 Å². The fourth-order valence-corrected chi connectivity index (χ4v) is 5.02. The van der Waals surface area contributed by atoms with Gasteiger partial charge in [0.1, 0.15) is 29.4 Å². The fraction of sp³-hybridized carbons (Fsp3) is 0.370. The molecular weight excluding hydrogens is 610 g/mol. The highest BCUT2D eigenvalue weighted by molar-refractivity contribution is 9.09. The Balaban J connectivity index is 2.34. The summed E-state index contributed by atoms with van der Waals surface area (Å²) in [5.74, 6) is -7.29. The number of aryl methyl sites for hydroxylation is 1. The van der Waals surface area contributed by atoms with E-state index < -0.39 is 74.2 Å². The SMILES string of the molecule is COC(=O)c1cc(F)cc(CC(=O)OC(C)(C)C)c1C(=O)C(c1ncnn1C)C(c1ccc(F)cc1)C(Br)[N+](=O)[O-]. The van der Waals surface area contributed by atoms with Gasteiger partial charge in [-0.25, -0.2) is 18.6 Å². The maximum absolute atomic E-state index is 14.8. The first-order valence-corrected chi connectivity index (χ1v) is 13.1. The van der Waals surface area contributed by atoms with Crippen LogP contribution in [0.2, 0.25) is 0 Å². The second-order valence-corrected chi connectivity index (χ2v) is 11.0. The second kappa shape index (κ2) is 12.6. The lowest BCUT2D eigenvalue weighted by Gasteiger charge is -2.27. The molecule has 1 heterocycles. The Morgan fingerprint density at radius 1 is 1.12 bits per heavy atom. The summed E-state index contributed by atoms with van der Waals surface area (Å²) in [7, 11) is 2.48. The Bertz CT molecular complexity index is 1470. The third-order valence-corrected chi connectivity index (χ3v) is 6.91. The molecule has 0 spiro atoms. The molecule has 11 nitrogen and oxygen atoms in total. The van der Waals surface area contributed by atoms with Gasteiger partial charge in [0, 0.05) is 17.5 Å². The summed E-state index contributed by atoms with van der Waals surface area (Å²) in [5, 5.41) is 16.0. The van der Waals surface area contributed by atoms with E-state index in [0.29, 0.717) is 0 Å². The molecule has 0 N–H and O–H groups in total. The molecule has 3 atom stereocenters. The molecule has 2 aromatic carbocycles. The number of carbonyl (C=O) groups is 3. The number of esters is 2. The average molecular weight is 637 g/mol. The van der Waals surface area contributed by atoms with E-state index in [1.54, 1.807) is 20.8 Å². The third kappa shape index (κ3) is 7.37. The quantitative estimate of drug-likeness (QED) is 0.0783. The van der Waals surface area contributed by atoms with Crippen molar-refractivity contribution < 1.29 is 37.6 Å². The summed E-state index contributed by atoms with van der Waals surface area (Å²) in [6.45, 7) is 4.86. The summed E-state index contributed by atoms with van der Waals surface area (Å²) in [6, 6.07) is 6.39. The van der Waals surface area contributed by atoms with Crippen molar-refractivity contribution in [3.63, 3.8) is 0 Å². The van der Waals surface area contributed by atoms with Crippen LogP contribution in [-0.4, -0.2) is 55.1 Å². The van der Waals surface area contributed by atoms with E-state index in [9.17, 15) is 33.3 Å². The zero-order valence-corrected chi connectivity index (χ0v) is 24.3. The normalized spacial score (nSPS) is 13.7. The number of nitro groups is 1. The number of aromatic nitrogens is 3. The van der Waals surface area contributed by atoms with E-state index in [4.69, 9.17) is 9.47 Å². The van der Waals surface area contributed by atoms with Crippen LogP contribution in [0.1, 0.15) is 70.3 Å². The highest BCUT2D eigenvalue weighted by atomic mass is 79.9. The second-order valence-electron chi connectivity index (χ2n) is 10.1. The highest BCUT2D eigenvalue weighted by Gasteiger charge is 2.45. The molecule has 0 amide bonds. The van der Waals surface area contributed by atoms with Gasteiger partial charge in [0.2, 0.25) is 0 Å². The summed E-state index contributed by atoms with van der Waals surface area (Å²) in [5.41, 5.74) is -1.85. The molecule has 0 aliphatic rings. The van der Waals surface area contributed by atoms with Crippen molar-refractivity contribution >= 4 is 33.7 Å². The lowest BCUT2D eigenvalue weighted by atomic mass is 9.78. The molecule has 0 saturated heterocycles. The van der Waals surface area contributed by atoms with Crippen LogP contribution in [0.3, 0.4) is 0 Å². The number of hydrogen-bond acceptors (Lipinski definition) is 9. The number of ether oxygens (including phenoxy) is 2. The Hall–Kier alpha value is -4.07.